The smallest absolute Gasteiger partial charge is 0.422 e. The molecule has 2 N–H and O–H groups in total. The van der Waals surface area contributed by atoms with Gasteiger partial charge in [-0.15, -0.1) is 0 Å². The molecule has 0 aliphatic carbocycles. The van der Waals surface area contributed by atoms with E-state index in [1.165, 1.54) is 6.07 Å². The topological polar surface area (TPSA) is 71.7 Å². The highest BCUT2D eigenvalue weighted by atomic mass is 19.4. The van der Waals surface area contributed by atoms with Gasteiger partial charge in [0.1, 0.15) is 5.75 Å². The Kier molecular flexibility index (Phi) is 8.35. The van der Waals surface area contributed by atoms with Crippen LogP contribution in [0.25, 0.3) is 0 Å². The van der Waals surface area contributed by atoms with Crippen LogP contribution in [0.5, 0.6) is 5.75 Å². The number of ether oxygens (including phenoxy) is 1. The Morgan fingerprint density at radius 2 is 1.86 bits per heavy atom. The molecule has 0 atom stereocenters. The number of para-hydroxylation sites is 1. The van der Waals surface area contributed by atoms with Crippen molar-refractivity contribution in [3.05, 3.63) is 47.3 Å². The first-order valence-electron chi connectivity index (χ1n) is 9.53. The highest BCUT2D eigenvalue weighted by Crippen LogP contribution is 2.23. The number of nitrogens with zero attached hydrogens (tertiary/aromatic N) is 2. The number of aliphatic imine (C=N–C) groups is 1. The van der Waals surface area contributed by atoms with Gasteiger partial charge in [-0.3, -0.25) is 4.99 Å². The maximum absolute atomic E-state index is 12.4. The van der Waals surface area contributed by atoms with Crippen LogP contribution in [0.2, 0.25) is 0 Å². The summed E-state index contributed by atoms with van der Waals surface area (Å²) in [6.45, 7) is 3.54. The average Bonchev–Trinajstić information content (AvgIpc) is 3.16. The van der Waals surface area contributed by atoms with Crippen LogP contribution in [-0.2, 0) is 13.1 Å². The van der Waals surface area contributed by atoms with Gasteiger partial charge in [0.25, 0.3) is 0 Å². The monoisotopic (exact) mass is 412 g/mol. The Balaban J connectivity index is 1.90. The molecule has 0 fully saturated rings. The lowest BCUT2D eigenvalue weighted by atomic mass is 9.99. The fourth-order valence-corrected chi connectivity index (χ4v) is 2.83. The Hall–Kier alpha value is -2.71. The maximum atomic E-state index is 12.4. The molecule has 29 heavy (non-hydrogen) atoms. The van der Waals surface area contributed by atoms with Gasteiger partial charge in [0.15, 0.2) is 18.3 Å². The molecule has 6 nitrogen and oxygen atoms in total. The number of halogens is 3. The molecule has 0 amide bonds. The molecule has 0 unspecified atom stereocenters. The molecule has 1 aromatic heterocycles. The van der Waals surface area contributed by atoms with Crippen LogP contribution in [0, 0.1) is 0 Å². The molecule has 0 spiro atoms. The first kappa shape index (κ1) is 22.6. The van der Waals surface area contributed by atoms with Crippen LogP contribution in [0.1, 0.15) is 49.6 Å². The number of nitrogens with one attached hydrogen (secondary N) is 2. The summed E-state index contributed by atoms with van der Waals surface area (Å²) >= 11 is 0. The van der Waals surface area contributed by atoms with Crippen molar-refractivity contribution in [2.45, 2.75) is 51.9 Å². The first-order chi connectivity index (χ1) is 13.9. The molecule has 0 saturated heterocycles. The minimum atomic E-state index is -4.39. The van der Waals surface area contributed by atoms with Crippen molar-refractivity contribution in [2.24, 2.45) is 4.99 Å². The molecule has 9 heteroatoms. The number of hydrogen-bond acceptors (Lipinski definition) is 4. The van der Waals surface area contributed by atoms with Gasteiger partial charge in [-0.05, 0) is 18.9 Å². The summed E-state index contributed by atoms with van der Waals surface area (Å²) in [5.41, 5.74) is 1.53. The normalized spacial score (nSPS) is 12.3. The number of hydrogen-bond donors (Lipinski definition) is 2. The van der Waals surface area contributed by atoms with E-state index in [0.717, 1.165) is 18.5 Å². The van der Waals surface area contributed by atoms with Gasteiger partial charge in [0.2, 0.25) is 0 Å². The molecule has 0 saturated carbocycles. The SMILES string of the molecule is CCC(CC)c1cc(CNC(=NC)NCc2ccccc2OCC(F)(F)F)on1. The third kappa shape index (κ3) is 7.32. The molecule has 1 heterocycles. The second kappa shape index (κ2) is 10.7. The van der Waals surface area contributed by atoms with Gasteiger partial charge in [0.05, 0.1) is 12.2 Å². The van der Waals surface area contributed by atoms with Crippen molar-refractivity contribution in [3.63, 3.8) is 0 Å². The highest BCUT2D eigenvalue weighted by Gasteiger charge is 2.28. The fourth-order valence-electron chi connectivity index (χ4n) is 2.83. The summed E-state index contributed by atoms with van der Waals surface area (Å²) in [7, 11) is 1.61. The molecular weight excluding hydrogens is 385 g/mol. The van der Waals surface area contributed by atoms with Crippen LogP contribution in [0.4, 0.5) is 13.2 Å². The predicted octanol–water partition coefficient (Wildman–Crippen LogP) is 4.38. The lowest BCUT2D eigenvalue weighted by molar-refractivity contribution is -0.153. The average molecular weight is 412 g/mol. The van der Waals surface area contributed by atoms with Gasteiger partial charge in [0, 0.05) is 31.1 Å². The predicted molar refractivity (Wildman–Crippen MR) is 105 cm³/mol. The molecule has 0 bridgehead atoms. The van der Waals surface area contributed by atoms with Crippen molar-refractivity contribution in [1.82, 2.24) is 15.8 Å². The molecule has 1 aromatic carbocycles. The molecule has 2 rings (SSSR count). The minimum Gasteiger partial charge on any atom is -0.484 e. The summed E-state index contributed by atoms with van der Waals surface area (Å²) in [5.74, 6) is 1.72. The van der Waals surface area contributed by atoms with Gasteiger partial charge in [-0.2, -0.15) is 13.2 Å². The number of alkyl halides is 3. The zero-order chi connectivity index (χ0) is 21.3. The third-order valence-electron chi connectivity index (χ3n) is 4.44. The van der Waals surface area contributed by atoms with E-state index in [4.69, 9.17) is 9.26 Å². The fraction of sp³-hybridized carbons (Fsp3) is 0.500. The lowest BCUT2D eigenvalue weighted by Crippen LogP contribution is -2.36. The van der Waals surface area contributed by atoms with Gasteiger partial charge < -0.3 is 19.9 Å². The van der Waals surface area contributed by atoms with Crippen LogP contribution in [0.3, 0.4) is 0 Å². The highest BCUT2D eigenvalue weighted by molar-refractivity contribution is 5.79. The summed E-state index contributed by atoms with van der Waals surface area (Å²) < 4.78 is 47.5. The van der Waals surface area contributed by atoms with E-state index in [1.54, 1.807) is 25.2 Å². The van der Waals surface area contributed by atoms with Gasteiger partial charge in [-0.1, -0.05) is 37.2 Å². The Morgan fingerprint density at radius 3 is 2.52 bits per heavy atom. The molecule has 160 valence electrons. The zero-order valence-electron chi connectivity index (χ0n) is 16.8. The van der Waals surface area contributed by atoms with Crippen molar-refractivity contribution in [2.75, 3.05) is 13.7 Å². The van der Waals surface area contributed by atoms with Gasteiger partial charge in [-0.25, -0.2) is 0 Å². The van der Waals surface area contributed by atoms with E-state index >= 15 is 0 Å². The first-order valence-corrected chi connectivity index (χ1v) is 9.53. The molecule has 2 aromatic rings. The number of guanidine groups is 1. The summed E-state index contributed by atoms with van der Waals surface area (Å²) in [6.07, 6.45) is -2.40. The summed E-state index contributed by atoms with van der Waals surface area (Å²) in [5, 5.41) is 10.3. The van der Waals surface area contributed by atoms with Crippen molar-refractivity contribution in [1.29, 1.82) is 0 Å². The van der Waals surface area contributed by atoms with E-state index in [0.29, 0.717) is 29.7 Å². The number of rotatable bonds is 9. The van der Waals surface area contributed by atoms with Crippen LogP contribution < -0.4 is 15.4 Å². The van der Waals surface area contributed by atoms with Crippen molar-refractivity contribution in [3.8, 4) is 5.75 Å². The van der Waals surface area contributed by atoms with Gasteiger partial charge >= 0.3 is 6.18 Å². The van der Waals surface area contributed by atoms with Crippen molar-refractivity contribution >= 4 is 5.96 Å². The minimum absolute atomic E-state index is 0.179. The van der Waals surface area contributed by atoms with E-state index < -0.39 is 12.8 Å². The third-order valence-corrected chi connectivity index (χ3v) is 4.44. The van der Waals surface area contributed by atoms with E-state index in [9.17, 15) is 13.2 Å². The lowest BCUT2D eigenvalue weighted by Gasteiger charge is -2.15. The van der Waals surface area contributed by atoms with Crippen molar-refractivity contribution < 1.29 is 22.4 Å². The Morgan fingerprint density at radius 1 is 1.17 bits per heavy atom. The summed E-state index contributed by atoms with van der Waals surface area (Å²) in [4.78, 5) is 4.12. The second-order valence-electron chi connectivity index (χ2n) is 6.52. The van der Waals surface area contributed by atoms with E-state index in [1.807, 2.05) is 6.07 Å². The second-order valence-corrected chi connectivity index (χ2v) is 6.52. The Labute approximate surface area is 168 Å². The van der Waals surface area contributed by atoms with E-state index in [-0.39, 0.29) is 12.3 Å². The van der Waals surface area contributed by atoms with Crippen LogP contribution >= 0.6 is 0 Å². The molecule has 0 aliphatic rings. The largest absolute Gasteiger partial charge is 0.484 e. The zero-order valence-corrected chi connectivity index (χ0v) is 16.8. The number of benzene rings is 1. The summed E-state index contributed by atoms with van der Waals surface area (Å²) in [6, 6.07) is 8.50. The Bertz CT molecular complexity index is 786. The molecule has 0 radical (unpaired) electrons. The van der Waals surface area contributed by atoms with Crippen LogP contribution in [0.15, 0.2) is 39.8 Å². The standard InChI is InChI=1S/C20H27F3N4O2/c1-4-14(5-2)17-10-16(29-27-17)12-26-19(24-3)25-11-15-8-6-7-9-18(15)28-13-20(21,22)23/h6-10,14H,4-5,11-13H2,1-3H3,(H2,24,25,26). The van der Waals surface area contributed by atoms with E-state index in [2.05, 4.69) is 34.6 Å². The molecule has 0 aliphatic heterocycles. The number of aromatic nitrogens is 1. The quantitative estimate of drug-likeness (QED) is 0.472. The molecular formula is C20H27F3N4O2. The maximum Gasteiger partial charge on any atom is 0.422 e. The van der Waals surface area contributed by atoms with Crippen LogP contribution in [-0.4, -0.2) is 30.9 Å².